The third-order valence-corrected chi connectivity index (χ3v) is 2.68. The van der Waals surface area contributed by atoms with Crippen molar-refractivity contribution in [3.63, 3.8) is 0 Å². The third-order valence-electron chi connectivity index (χ3n) is 1.78. The van der Waals surface area contributed by atoms with E-state index in [-0.39, 0.29) is 0 Å². The molecule has 2 nitrogen and oxygen atoms in total. The predicted molar refractivity (Wildman–Crippen MR) is 51.3 cm³/mol. The average Bonchev–Trinajstić information content (AvgIpc) is 2.75. The Bertz CT molecular complexity index is 348. The number of thiophene rings is 1. The smallest absolute Gasteiger partial charge is 0.0752 e. The molecule has 0 saturated carbocycles. The van der Waals surface area contributed by atoms with Gasteiger partial charge in [-0.15, -0.1) is 11.3 Å². The Morgan fingerprint density at radius 1 is 1.58 bits per heavy atom. The Labute approximate surface area is 75.3 Å². The molecule has 0 aliphatic carbocycles. The first-order chi connectivity index (χ1) is 5.90. The van der Waals surface area contributed by atoms with E-state index in [0.29, 0.717) is 0 Å². The number of aromatic nitrogens is 2. The third kappa shape index (κ3) is 1.28. The molecule has 1 N–H and O–H groups in total. The molecule has 0 amide bonds. The summed E-state index contributed by atoms with van der Waals surface area (Å²) in [6.07, 6.45) is 0.988. The highest BCUT2D eigenvalue weighted by atomic mass is 32.1. The minimum atomic E-state index is 0.988. The van der Waals surface area contributed by atoms with Crippen molar-refractivity contribution in [1.29, 1.82) is 0 Å². The lowest BCUT2D eigenvalue weighted by atomic mass is 10.3. The number of hydrogen-bond donors (Lipinski definition) is 1. The lowest BCUT2D eigenvalue weighted by Crippen LogP contribution is -1.76. The fourth-order valence-electron chi connectivity index (χ4n) is 1.10. The normalized spacial score (nSPS) is 10.4. The van der Waals surface area contributed by atoms with E-state index in [9.17, 15) is 0 Å². The van der Waals surface area contributed by atoms with Crippen molar-refractivity contribution in [2.45, 2.75) is 13.3 Å². The molecule has 3 heteroatoms. The van der Waals surface area contributed by atoms with Crippen LogP contribution in [-0.2, 0) is 6.42 Å². The van der Waals surface area contributed by atoms with Crippen LogP contribution in [0.25, 0.3) is 10.6 Å². The van der Waals surface area contributed by atoms with E-state index < -0.39 is 0 Å². The van der Waals surface area contributed by atoms with Gasteiger partial charge >= 0.3 is 0 Å². The first-order valence-corrected chi connectivity index (χ1v) is 4.86. The van der Waals surface area contributed by atoms with Crippen LogP contribution >= 0.6 is 11.3 Å². The lowest BCUT2D eigenvalue weighted by Gasteiger charge is -1.86. The van der Waals surface area contributed by atoms with Gasteiger partial charge in [0.05, 0.1) is 16.3 Å². The van der Waals surface area contributed by atoms with Gasteiger partial charge < -0.3 is 0 Å². The second-order valence-electron chi connectivity index (χ2n) is 2.60. The molecule has 2 heterocycles. The molecular weight excluding hydrogens is 168 g/mol. The summed E-state index contributed by atoms with van der Waals surface area (Å²) in [6, 6.07) is 6.25. The first kappa shape index (κ1) is 7.55. The van der Waals surface area contributed by atoms with E-state index in [1.54, 1.807) is 11.3 Å². The maximum atomic E-state index is 4.17. The van der Waals surface area contributed by atoms with E-state index >= 15 is 0 Å². The molecule has 12 heavy (non-hydrogen) atoms. The number of aryl methyl sites for hydroxylation is 1. The first-order valence-electron chi connectivity index (χ1n) is 3.98. The average molecular weight is 178 g/mol. The van der Waals surface area contributed by atoms with Gasteiger partial charge in [-0.1, -0.05) is 13.0 Å². The maximum Gasteiger partial charge on any atom is 0.0752 e. The van der Waals surface area contributed by atoms with Crippen LogP contribution in [0.5, 0.6) is 0 Å². The molecule has 0 aromatic carbocycles. The molecular formula is C9H10N2S. The quantitative estimate of drug-likeness (QED) is 0.752. The number of hydrogen-bond acceptors (Lipinski definition) is 2. The van der Waals surface area contributed by atoms with E-state index in [4.69, 9.17) is 0 Å². The number of H-pyrrole nitrogens is 1. The van der Waals surface area contributed by atoms with Crippen LogP contribution in [0, 0.1) is 0 Å². The minimum absolute atomic E-state index is 0.988. The number of nitrogens with zero attached hydrogens (tertiary/aromatic N) is 1. The van der Waals surface area contributed by atoms with E-state index in [2.05, 4.69) is 34.6 Å². The van der Waals surface area contributed by atoms with Gasteiger partial charge in [-0.2, -0.15) is 5.10 Å². The summed E-state index contributed by atoms with van der Waals surface area (Å²) in [7, 11) is 0. The SMILES string of the molecule is CCc1cc(-c2cccs2)[nH]n1. The summed E-state index contributed by atoms with van der Waals surface area (Å²) in [5, 5.41) is 9.26. The van der Waals surface area contributed by atoms with E-state index in [0.717, 1.165) is 17.8 Å². The van der Waals surface area contributed by atoms with E-state index in [1.165, 1.54) is 4.88 Å². The maximum absolute atomic E-state index is 4.17. The second kappa shape index (κ2) is 3.11. The molecule has 2 rings (SSSR count). The molecule has 0 fully saturated rings. The van der Waals surface area contributed by atoms with Crippen molar-refractivity contribution >= 4 is 11.3 Å². The van der Waals surface area contributed by atoms with Crippen LogP contribution in [0.4, 0.5) is 0 Å². The van der Waals surface area contributed by atoms with Crippen molar-refractivity contribution in [2.75, 3.05) is 0 Å². The fraction of sp³-hybridized carbons (Fsp3) is 0.222. The Kier molecular flexibility index (Phi) is 1.96. The van der Waals surface area contributed by atoms with Crippen molar-refractivity contribution in [3.05, 3.63) is 29.3 Å². The predicted octanol–water partition coefficient (Wildman–Crippen LogP) is 2.70. The summed E-state index contributed by atoms with van der Waals surface area (Å²) in [6.45, 7) is 2.11. The summed E-state index contributed by atoms with van der Waals surface area (Å²) in [5.41, 5.74) is 2.25. The van der Waals surface area contributed by atoms with Crippen molar-refractivity contribution in [3.8, 4) is 10.6 Å². The number of aromatic amines is 1. The van der Waals surface area contributed by atoms with Gasteiger partial charge in [0, 0.05) is 0 Å². The highest BCUT2D eigenvalue weighted by Gasteiger charge is 2.01. The van der Waals surface area contributed by atoms with Crippen LogP contribution in [0.1, 0.15) is 12.6 Å². The molecule has 0 aliphatic rings. The zero-order chi connectivity index (χ0) is 8.39. The summed E-state index contributed by atoms with van der Waals surface area (Å²) in [4.78, 5) is 1.25. The van der Waals surface area contributed by atoms with Gasteiger partial charge in [0.1, 0.15) is 0 Å². The molecule has 62 valence electrons. The van der Waals surface area contributed by atoms with Crippen LogP contribution in [0.15, 0.2) is 23.6 Å². The van der Waals surface area contributed by atoms with Crippen molar-refractivity contribution in [2.24, 2.45) is 0 Å². The Hall–Kier alpha value is -1.09. The monoisotopic (exact) mass is 178 g/mol. The van der Waals surface area contributed by atoms with Gasteiger partial charge in [-0.25, -0.2) is 0 Å². The molecule has 0 spiro atoms. The highest BCUT2D eigenvalue weighted by Crippen LogP contribution is 2.22. The zero-order valence-electron chi connectivity index (χ0n) is 6.87. The molecule has 0 aliphatic heterocycles. The highest BCUT2D eigenvalue weighted by molar-refractivity contribution is 7.13. The Morgan fingerprint density at radius 3 is 3.08 bits per heavy atom. The van der Waals surface area contributed by atoms with E-state index in [1.807, 2.05) is 6.07 Å². The molecule has 0 unspecified atom stereocenters. The molecule has 2 aromatic heterocycles. The van der Waals surface area contributed by atoms with Crippen molar-refractivity contribution < 1.29 is 0 Å². The Balaban J connectivity index is 2.35. The molecule has 2 aromatic rings. The summed E-state index contributed by atoms with van der Waals surface area (Å²) in [5.74, 6) is 0. The van der Waals surface area contributed by atoms with Gasteiger partial charge in [-0.05, 0) is 23.9 Å². The largest absolute Gasteiger partial charge is 0.277 e. The van der Waals surface area contributed by atoms with Crippen LogP contribution in [-0.4, -0.2) is 10.2 Å². The number of nitrogens with one attached hydrogen (secondary N) is 1. The van der Waals surface area contributed by atoms with Gasteiger partial charge in [0.2, 0.25) is 0 Å². The minimum Gasteiger partial charge on any atom is -0.277 e. The summed E-state index contributed by atoms with van der Waals surface area (Å²) < 4.78 is 0. The summed E-state index contributed by atoms with van der Waals surface area (Å²) >= 11 is 1.73. The fourth-order valence-corrected chi connectivity index (χ4v) is 1.79. The zero-order valence-corrected chi connectivity index (χ0v) is 7.69. The van der Waals surface area contributed by atoms with Crippen LogP contribution in [0.3, 0.4) is 0 Å². The van der Waals surface area contributed by atoms with Gasteiger partial charge in [0.25, 0.3) is 0 Å². The molecule has 0 bridgehead atoms. The number of rotatable bonds is 2. The molecule has 0 atom stereocenters. The van der Waals surface area contributed by atoms with Gasteiger partial charge in [-0.3, -0.25) is 5.10 Å². The Morgan fingerprint density at radius 2 is 2.50 bits per heavy atom. The van der Waals surface area contributed by atoms with Crippen LogP contribution < -0.4 is 0 Å². The molecule has 0 radical (unpaired) electrons. The standard InChI is InChI=1S/C9H10N2S/c1-2-7-6-8(11-10-7)9-4-3-5-12-9/h3-6H,2H2,1H3,(H,10,11). The lowest BCUT2D eigenvalue weighted by molar-refractivity contribution is 0.977. The molecule has 0 saturated heterocycles. The second-order valence-corrected chi connectivity index (χ2v) is 3.55. The topological polar surface area (TPSA) is 28.7 Å². The van der Waals surface area contributed by atoms with Crippen molar-refractivity contribution in [1.82, 2.24) is 10.2 Å². The van der Waals surface area contributed by atoms with Gasteiger partial charge in [0.15, 0.2) is 0 Å². The van der Waals surface area contributed by atoms with Crippen LogP contribution in [0.2, 0.25) is 0 Å².